The third kappa shape index (κ3) is 5.89. The molecule has 39 heavy (non-hydrogen) atoms. The van der Waals surface area contributed by atoms with E-state index in [1.807, 2.05) is 30.3 Å². The van der Waals surface area contributed by atoms with Crippen molar-refractivity contribution >= 4 is 63.2 Å². The van der Waals surface area contributed by atoms with Gasteiger partial charge in [-0.15, -0.1) is 11.3 Å². The van der Waals surface area contributed by atoms with Gasteiger partial charge in [0.05, 0.1) is 21.8 Å². The summed E-state index contributed by atoms with van der Waals surface area (Å²) in [7, 11) is 0. The van der Waals surface area contributed by atoms with E-state index in [2.05, 4.69) is 48.6 Å². The number of aromatic nitrogens is 2. The first-order valence-corrected chi connectivity index (χ1v) is 14.2. The molecule has 1 aliphatic carbocycles. The first-order valence-electron chi connectivity index (χ1n) is 12.9. The van der Waals surface area contributed by atoms with E-state index in [0.717, 1.165) is 39.0 Å². The molecule has 0 saturated carbocycles. The van der Waals surface area contributed by atoms with Crippen LogP contribution in [0.3, 0.4) is 0 Å². The van der Waals surface area contributed by atoms with Crippen molar-refractivity contribution in [3.8, 4) is 0 Å². The fourth-order valence-corrected chi connectivity index (χ4v) is 5.66. The molecule has 0 spiro atoms. The van der Waals surface area contributed by atoms with Crippen molar-refractivity contribution < 1.29 is 14.3 Å². The number of fused-ring (bicyclic) bond motifs is 2. The van der Waals surface area contributed by atoms with E-state index in [1.54, 1.807) is 30.4 Å². The second kappa shape index (κ2) is 10.9. The fourth-order valence-electron chi connectivity index (χ4n) is 4.87. The van der Waals surface area contributed by atoms with Crippen molar-refractivity contribution in [2.24, 2.45) is 11.3 Å². The zero-order valence-corrected chi connectivity index (χ0v) is 23.9. The molecular formula is C31H30ClN3O3S. The van der Waals surface area contributed by atoms with E-state index in [0.29, 0.717) is 28.7 Å². The van der Waals surface area contributed by atoms with Crippen molar-refractivity contribution in [1.29, 1.82) is 0 Å². The van der Waals surface area contributed by atoms with Crippen LogP contribution in [0.15, 0.2) is 60.1 Å². The van der Waals surface area contributed by atoms with Gasteiger partial charge < -0.3 is 10.1 Å². The lowest BCUT2D eigenvalue weighted by Gasteiger charge is -2.36. The third-order valence-corrected chi connectivity index (χ3v) is 8.18. The van der Waals surface area contributed by atoms with Gasteiger partial charge in [-0.05, 0) is 78.0 Å². The maximum Gasteiger partial charge on any atom is 0.339 e. The molecule has 0 saturated heterocycles. The molecule has 0 radical (unpaired) electrons. The molecule has 4 aromatic rings. The number of hydrogen-bond donors (Lipinski definition) is 1. The average Bonchev–Trinajstić information content (AvgIpc) is 3.41. The summed E-state index contributed by atoms with van der Waals surface area (Å²) in [6.07, 6.45) is 4.14. The van der Waals surface area contributed by atoms with Crippen LogP contribution in [0.1, 0.15) is 60.6 Å². The lowest BCUT2D eigenvalue weighted by atomic mass is 9.69. The molecule has 3 aromatic heterocycles. The van der Waals surface area contributed by atoms with E-state index >= 15 is 0 Å². The van der Waals surface area contributed by atoms with Gasteiger partial charge in [0.1, 0.15) is 5.82 Å². The van der Waals surface area contributed by atoms with Gasteiger partial charge in [-0.2, -0.15) is 0 Å². The Labute approximate surface area is 237 Å². The van der Waals surface area contributed by atoms with Crippen LogP contribution in [0, 0.1) is 11.3 Å². The first-order chi connectivity index (χ1) is 18.6. The van der Waals surface area contributed by atoms with E-state index < -0.39 is 18.0 Å². The predicted molar refractivity (Wildman–Crippen MR) is 158 cm³/mol. The monoisotopic (exact) mass is 559 g/mol. The Hall–Kier alpha value is -3.55. The highest BCUT2D eigenvalue weighted by Gasteiger charge is 2.36. The van der Waals surface area contributed by atoms with Crippen LogP contribution in [-0.2, 0) is 16.0 Å². The van der Waals surface area contributed by atoms with Crippen molar-refractivity contribution in [1.82, 2.24) is 9.97 Å². The molecule has 0 aliphatic heterocycles. The largest absolute Gasteiger partial charge is 0.449 e. The normalized spacial score (nSPS) is 17.1. The summed E-state index contributed by atoms with van der Waals surface area (Å²) in [5.74, 6) is -0.393. The first kappa shape index (κ1) is 27.0. The smallest absolute Gasteiger partial charge is 0.339 e. The van der Waals surface area contributed by atoms with Crippen molar-refractivity contribution in [2.45, 2.75) is 46.6 Å². The summed E-state index contributed by atoms with van der Waals surface area (Å²) >= 11 is 7.56. The summed E-state index contributed by atoms with van der Waals surface area (Å²) < 4.78 is 5.78. The van der Waals surface area contributed by atoms with Crippen LogP contribution in [0.25, 0.3) is 22.6 Å². The van der Waals surface area contributed by atoms with Crippen LogP contribution in [-0.4, -0.2) is 27.9 Å². The Kier molecular flexibility index (Phi) is 7.56. The van der Waals surface area contributed by atoms with Gasteiger partial charge in [0.15, 0.2) is 6.10 Å². The van der Waals surface area contributed by atoms with Crippen LogP contribution >= 0.6 is 22.9 Å². The molecule has 8 heteroatoms. The highest BCUT2D eigenvalue weighted by atomic mass is 35.5. The lowest BCUT2D eigenvalue weighted by molar-refractivity contribution is -0.123. The number of nitrogens with one attached hydrogen (secondary N) is 1. The molecule has 0 bridgehead atoms. The van der Waals surface area contributed by atoms with Crippen LogP contribution < -0.4 is 5.32 Å². The topological polar surface area (TPSA) is 81.2 Å². The summed E-state index contributed by atoms with van der Waals surface area (Å²) in [5, 5.41) is 5.91. The minimum absolute atomic E-state index is 0.0117. The van der Waals surface area contributed by atoms with Gasteiger partial charge in [0.25, 0.3) is 5.91 Å². The molecule has 200 valence electrons. The predicted octanol–water partition coefficient (Wildman–Crippen LogP) is 7.68. The molecule has 0 fully saturated rings. The van der Waals surface area contributed by atoms with Gasteiger partial charge in [-0.1, -0.05) is 56.6 Å². The number of amides is 1. The number of anilines is 1. The lowest BCUT2D eigenvalue weighted by Crippen LogP contribution is -2.32. The Morgan fingerprint density at radius 2 is 1.92 bits per heavy atom. The SMILES string of the molecule is C[C@H](OC(=O)c1c2c(nc3ccccc13)/C(=C\c1cccs1)C[C@@H](C(C)(C)C)C2)C(=O)Nc1ccc(Cl)cn1. The molecule has 5 rings (SSSR count). The minimum atomic E-state index is -1.04. The third-order valence-electron chi connectivity index (χ3n) is 7.13. The summed E-state index contributed by atoms with van der Waals surface area (Å²) in [4.78, 5) is 37.0. The Morgan fingerprint density at radius 3 is 2.62 bits per heavy atom. The van der Waals surface area contributed by atoms with E-state index in [9.17, 15) is 9.59 Å². The Balaban J connectivity index is 1.55. The fraction of sp³-hybridized carbons (Fsp3) is 0.290. The number of ether oxygens (including phenoxy) is 1. The van der Waals surface area contributed by atoms with Crippen LogP contribution in [0.4, 0.5) is 5.82 Å². The standard InChI is InChI=1S/C31H30ClN3O3S/c1-18(29(36)35-26-12-11-21(32)17-33-26)38-30(37)27-23-9-5-6-10-25(23)34-28-19(15-22-8-7-13-39-22)14-20(16-24(27)28)31(2,3)4/h5-13,15,17-18,20H,14,16H2,1-4H3,(H,33,35,36)/b19-15-/t18-,20+/m0/s1. The number of esters is 1. The molecular weight excluding hydrogens is 530 g/mol. The second-order valence-corrected chi connectivity index (χ2v) is 12.3. The van der Waals surface area contributed by atoms with Crippen molar-refractivity contribution in [2.75, 3.05) is 5.32 Å². The quantitative estimate of drug-likeness (QED) is 0.254. The van der Waals surface area contributed by atoms with Gasteiger partial charge >= 0.3 is 5.97 Å². The summed E-state index contributed by atoms with van der Waals surface area (Å²) in [5.41, 5.74) is 4.02. The number of para-hydroxylation sites is 1. The molecule has 1 aliphatic rings. The van der Waals surface area contributed by atoms with Crippen LogP contribution in [0.2, 0.25) is 5.02 Å². The number of pyridine rings is 2. The molecule has 1 amide bonds. The maximum absolute atomic E-state index is 13.8. The summed E-state index contributed by atoms with van der Waals surface area (Å²) in [6, 6.07) is 14.9. The molecule has 3 heterocycles. The number of hydrogen-bond acceptors (Lipinski definition) is 6. The molecule has 6 nitrogen and oxygen atoms in total. The number of carbonyl (C=O) groups is 2. The van der Waals surface area contributed by atoms with E-state index in [-0.39, 0.29) is 5.41 Å². The molecule has 0 unspecified atom stereocenters. The van der Waals surface area contributed by atoms with Crippen molar-refractivity contribution in [3.63, 3.8) is 0 Å². The Morgan fingerprint density at radius 1 is 1.13 bits per heavy atom. The van der Waals surface area contributed by atoms with Gasteiger partial charge in [0.2, 0.25) is 0 Å². The highest BCUT2D eigenvalue weighted by Crippen LogP contribution is 2.45. The molecule has 2 atom stereocenters. The number of rotatable bonds is 5. The number of halogens is 1. The van der Waals surface area contributed by atoms with E-state index in [4.69, 9.17) is 21.3 Å². The molecule has 1 aromatic carbocycles. The van der Waals surface area contributed by atoms with E-state index in [1.165, 1.54) is 6.20 Å². The second-order valence-electron chi connectivity index (χ2n) is 10.9. The number of carbonyl (C=O) groups excluding carboxylic acids is 2. The number of allylic oxidation sites excluding steroid dienone is 1. The zero-order valence-electron chi connectivity index (χ0n) is 22.3. The zero-order chi connectivity index (χ0) is 27.7. The summed E-state index contributed by atoms with van der Waals surface area (Å²) in [6.45, 7) is 8.25. The van der Waals surface area contributed by atoms with Gasteiger partial charge in [0, 0.05) is 16.5 Å². The van der Waals surface area contributed by atoms with Crippen LogP contribution in [0.5, 0.6) is 0 Å². The Bertz CT molecular complexity index is 1560. The molecule has 1 N–H and O–H groups in total. The maximum atomic E-state index is 13.8. The average molecular weight is 560 g/mol. The highest BCUT2D eigenvalue weighted by molar-refractivity contribution is 7.10. The van der Waals surface area contributed by atoms with Crippen molar-refractivity contribution in [3.05, 3.63) is 86.8 Å². The number of nitrogens with zero attached hydrogens (tertiary/aromatic N) is 2. The number of benzene rings is 1. The van der Waals surface area contributed by atoms with Gasteiger partial charge in [-0.25, -0.2) is 14.8 Å². The van der Waals surface area contributed by atoms with Gasteiger partial charge in [-0.3, -0.25) is 4.79 Å². The number of thiophene rings is 1. The minimum Gasteiger partial charge on any atom is -0.449 e.